The number of hydrogen-bond donors (Lipinski definition) is 0. The number of furan rings is 1. The van der Waals surface area contributed by atoms with Crippen LogP contribution in [0.25, 0.3) is 33.5 Å². The van der Waals surface area contributed by atoms with E-state index in [2.05, 4.69) is 4.90 Å². The number of rotatable bonds is 5. The van der Waals surface area contributed by atoms with E-state index in [0.29, 0.717) is 34.1 Å². The molecular weight excluding hydrogens is 378 g/mol. The van der Waals surface area contributed by atoms with Gasteiger partial charge in [-0.25, -0.2) is 14.8 Å². The summed E-state index contributed by atoms with van der Waals surface area (Å²) in [6.45, 7) is 3.67. The highest BCUT2D eigenvalue weighted by atomic mass is 16.5. The summed E-state index contributed by atoms with van der Waals surface area (Å²) in [6, 6.07) is 15.7. The molecule has 0 spiro atoms. The molecule has 30 heavy (non-hydrogen) atoms. The van der Waals surface area contributed by atoms with Crippen molar-refractivity contribution in [1.29, 1.82) is 0 Å². The van der Waals surface area contributed by atoms with E-state index >= 15 is 0 Å². The molecule has 1 aliphatic rings. The lowest BCUT2D eigenvalue weighted by atomic mass is 10.1. The molecule has 2 aromatic carbocycles. The summed E-state index contributed by atoms with van der Waals surface area (Å²) in [7, 11) is 2.04. The van der Waals surface area contributed by atoms with Gasteiger partial charge in [0, 0.05) is 18.5 Å². The van der Waals surface area contributed by atoms with E-state index in [9.17, 15) is 4.79 Å². The van der Waals surface area contributed by atoms with Crippen LogP contribution < -0.4 is 4.90 Å². The molecule has 4 aromatic rings. The fourth-order valence-corrected chi connectivity index (χ4v) is 3.60. The lowest BCUT2D eigenvalue weighted by Crippen LogP contribution is -2.22. The number of fused-ring (bicyclic) bond motifs is 2. The van der Waals surface area contributed by atoms with Gasteiger partial charge < -0.3 is 14.1 Å². The first-order valence-electron chi connectivity index (χ1n) is 10.2. The van der Waals surface area contributed by atoms with Gasteiger partial charge in [0.25, 0.3) is 0 Å². The number of carbonyl (C=O) groups excluding carboxylic acids is 1. The highest BCUT2D eigenvalue weighted by molar-refractivity contribution is 5.95. The molecule has 0 bridgehead atoms. The minimum absolute atomic E-state index is 0.175. The molecule has 6 heteroatoms. The average Bonchev–Trinajstić information content (AvgIpc) is 3.49. The van der Waals surface area contributed by atoms with Gasteiger partial charge in [0.15, 0.2) is 11.6 Å². The fourth-order valence-electron chi connectivity index (χ4n) is 3.60. The Bertz CT molecular complexity index is 1220. The van der Waals surface area contributed by atoms with Crippen molar-refractivity contribution in [2.75, 3.05) is 11.9 Å². The molecule has 1 aliphatic carbocycles. The molecular formula is C24H23N3O3. The van der Waals surface area contributed by atoms with Crippen molar-refractivity contribution in [2.24, 2.45) is 0 Å². The maximum atomic E-state index is 12.3. The maximum absolute atomic E-state index is 12.3. The van der Waals surface area contributed by atoms with Gasteiger partial charge in [-0.05, 0) is 57.0 Å². The number of nitrogens with zero attached hydrogens (tertiary/aromatic N) is 3. The molecule has 152 valence electrons. The van der Waals surface area contributed by atoms with Crippen molar-refractivity contribution in [2.45, 2.75) is 38.8 Å². The van der Waals surface area contributed by atoms with Gasteiger partial charge in [0.2, 0.25) is 0 Å². The molecule has 1 fully saturated rings. The molecule has 2 heterocycles. The first-order chi connectivity index (χ1) is 14.5. The highest BCUT2D eigenvalue weighted by Gasteiger charge is 2.30. The van der Waals surface area contributed by atoms with Crippen molar-refractivity contribution in [3.05, 3.63) is 54.1 Å². The van der Waals surface area contributed by atoms with Crippen LogP contribution in [-0.2, 0) is 4.74 Å². The summed E-state index contributed by atoms with van der Waals surface area (Å²) < 4.78 is 11.4. The largest absolute Gasteiger partial charge is 0.459 e. The number of benzene rings is 2. The second-order valence-corrected chi connectivity index (χ2v) is 8.04. The van der Waals surface area contributed by atoms with Gasteiger partial charge >= 0.3 is 5.97 Å². The van der Waals surface area contributed by atoms with Crippen LogP contribution in [0.3, 0.4) is 0 Å². The summed E-state index contributed by atoms with van der Waals surface area (Å²) in [5, 5.41) is 1.03. The van der Waals surface area contributed by atoms with Crippen LogP contribution in [0.2, 0.25) is 0 Å². The number of carbonyl (C=O) groups is 1. The normalized spacial score (nSPS) is 13.9. The van der Waals surface area contributed by atoms with Crippen LogP contribution in [0.1, 0.15) is 37.0 Å². The quantitative estimate of drug-likeness (QED) is 0.428. The molecule has 5 rings (SSSR count). The molecule has 2 aromatic heterocycles. The molecule has 0 aliphatic heterocycles. The van der Waals surface area contributed by atoms with E-state index < -0.39 is 0 Å². The van der Waals surface area contributed by atoms with Crippen molar-refractivity contribution in [1.82, 2.24) is 9.97 Å². The Balaban J connectivity index is 1.65. The minimum atomic E-state index is -0.354. The highest BCUT2D eigenvalue weighted by Crippen LogP contribution is 2.37. The number of esters is 1. The molecule has 1 saturated carbocycles. The third-order valence-corrected chi connectivity index (χ3v) is 5.31. The Hall–Kier alpha value is -3.41. The monoisotopic (exact) mass is 401 g/mol. The van der Waals surface area contributed by atoms with Crippen LogP contribution in [0.5, 0.6) is 0 Å². The number of aromatic nitrogens is 2. The van der Waals surface area contributed by atoms with Gasteiger partial charge in [-0.3, -0.25) is 0 Å². The summed E-state index contributed by atoms with van der Waals surface area (Å²) in [4.78, 5) is 24.3. The molecule has 0 N–H and O–H groups in total. The molecule has 0 amide bonds. The van der Waals surface area contributed by atoms with E-state index in [1.54, 1.807) is 12.1 Å². The lowest BCUT2D eigenvalue weighted by Gasteiger charge is -2.20. The predicted octanol–water partition coefficient (Wildman–Crippen LogP) is 5.21. The van der Waals surface area contributed by atoms with Crippen LogP contribution in [0, 0.1) is 0 Å². The summed E-state index contributed by atoms with van der Waals surface area (Å²) in [6.07, 6.45) is 2.10. The predicted molar refractivity (Wildman–Crippen MR) is 117 cm³/mol. The number of para-hydroxylation sites is 1. The van der Waals surface area contributed by atoms with E-state index in [1.807, 2.05) is 57.3 Å². The summed E-state index contributed by atoms with van der Waals surface area (Å²) in [5.74, 6) is 1.10. The topological polar surface area (TPSA) is 68.5 Å². The average molecular weight is 401 g/mol. The Morgan fingerprint density at radius 1 is 1.10 bits per heavy atom. The Morgan fingerprint density at radius 2 is 1.90 bits per heavy atom. The Kier molecular flexibility index (Phi) is 4.42. The van der Waals surface area contributed by atoms with E-state index in [4.69, 9.17) is 19.1 Å². The zero-order chi connectivity index (χ0) is 20.8. The third-order valence-electron chi connectivity index (χ3n) is 5.31. The zero-order valence-corrected chi connectivity index (χ0v) is 17.3. The van der Waals surface area contributed by atoms with Gasteiger partial charge in [-0.2, -0.15) is 0 Å². The van der Waals surface area contributed by atoms with Crippen LogP contribution in [0.4, 0.5) is 5.82 Å². The second kappa shape index (κ2) is 7.13. The molecule has 0 radical (unpaired) electrons. The van der Waals surface area contributed by atoms with Crippen molar-refractivity contribution in [3.63, 3.8) is 0 Å². The fraction of sp³-hybridized carbons (Fsp3) is 0.292. The van der Waals surface area contributed by atoms with E-state index in [-0.39, 0.29) is 12.1 Å². The first kappa shape index (κ1) is 18.6. The molecule has 0 unspecified atom stereocenters. The van der Waals surface area contributed by atoms with Gasteiger partial charge in [-0.1, -0.05) is 18.2 Å². The lowest BCUT2D eigenvalue weighted by molar-refractivity contribution is 0.0378. The van der Waals surface area contributed by atoms with Gasteiger partial charge in [0.05, 0.1) is 22.7 Å². The van der Waals surface area contributed by atoms with Crippen LogP contribution >= 0.6 is 0 Å². The Labute approximate surface area is 174 Å². The van der Waals surface area contributed by atoms with Crippen LogP contribution in [-0.4, -0.2) is 35.1 Å². The smallest absolute Gasteiger partial charge is 0.338 e. The second-order valence-electron chi connectivity index (χ2n) is 8.04. The van der Waals surface area contributed by atoms with Gasteiger partial charge in [0.1, 0.15) is 11.3 Å². The standard InChI is InChI=1S/C24H23N3O3/c1-14(2)29-24(28)16-8-11-18-19(12-16)26-23(27(3)17-9-10-17)22(25-18)21-13-15-6-4-5-7-20(15)30-21/h4-8,11-14,17H,9-10H2,1-3H3. The van der Waals surface area contributed by atoms with Crippen molar-refractivity contribution >= 4 is 33.8 Å². The van der Waals surface area contributed by atoms with Crippen molar-refractivity contribution in [3.8, 4) is 11.5 Å². The third kappa shape index (κ3) is 3.38. The first-order valence-corrected chi connectivity index (χ1v) is 10.2. The number of hydrogen-bond acceptors (Lipinski definition) is 6. The Morgan fingerprint density at radius 3 is 2.63 bits per heavy atom. The molecule has 0 atom stereocenters. The molecule has 0 saturated heterocycles. The zero-order valence-electron chi connectivity index (χ0n) is 17.3. The van der Waals surface area contributed by atoms with E-state index in [0.717, 1.165) is 29.6 Å². The number of ether oxygens (including phenoxy) is 1. The summed E-state index contributed by atoms with van der Waals surface area (Å²) in [5.41, 5.74) is 3.38. The van der Waals surface area contributed by atoms with Gasteiger partial charge in [-0.15, -0.1) is 0 Å². The van der Waals surface area contributed by atoms with Crippen molar-refractivity contribution < 1.29 is 13.9 Å². The number of anilines is 1. The maximum Gasteiger partial charge on any atom is 0.338 e. The molecule has 6 nitrogen and oxygen atoms in total. The minimum Gasteiger partial charge on any atom is -0.459 e. The van der Waals surface area contributed by atoms with E-state index in [1.165, 1.54) is 0 Å². The SMILES string of the molecule is CC(C)OC(=O)c1ccc2nc(-c3cc4ccccc4o3)c(N(C)C3CC3)nc2c1. The summed E-state index contributed by atoms with van der Waals surface area (Å²) >= 11 is 0. The van der Waals surface area contributed by atoms with Crippen LogP contribution in [0.15, 0.2) is 52.9 Å².